The highest BCUT2D eigenvalue weighted by molar-refractivity contribution is 8.00. The SMILES string of the molecule is C[C@H]1CCCC[C@@H]1NC(=O)CN1C(=O)CSc2ccc(S(=O)(=O)N3CCCCC3)cc21. The Labute approximate surface area is 189 Å². The normalized spacial score (nSPS) is 25.2. The molecule has 2 heterocycles. The fourth-order valence-electron chi connectivity index (χ4n) is 4.70. The van der Waals surface area contributed by atoms with Crippen LogP contribution in [0.1, 0.15) is 51.9 Å². The van der Waals surface area contributed by atoms with E-state index in [2.05, 4.69) is 12.2 Å². The monoisotopic (exact) mass is 465 g/mol. The Balaban J connectivity index is 1.54. The molecule has 9 heteroatoms. The lowest BCUT2D eigenvalue weighted by Crippen LogP contribution is -2.48. The summed E-state index contributed by atoms with van der Waals surface area (Å²) in [6, 6.07) is 5.09. The third kappa shape index (κ3) is 4.93. The van der Waals surface area contributed by atoms with Crippen molar-refractivity contribution in [2.24, 2.45) is 5.92 Å². The van der Waals surface area contributed by atoms with Gasteiger partial charge in [0, 0.05) is 24.0 Å². The Bertz CT molecular complexity index is 944. The fourth-order valence-corrected chi connectivity index (χ4v) is 7.15. The van der Waals surface area contributed by atoms with Crippen LogP contribution in [0.5, 0.6) is 0 Å². The number of thioether (sulfide) groups is 1. The van der Waals surface area contributed by atoms with Crippen LogP contribution in [0.3, 0.4) is 0 Å². The van der Waals surface area contributed by atoms with Crippen LogP contribution in [0, 0.1) is 5.92 Å². The largest absolute Gasteiger partial charge is 0.352 e. The van der Waals surface area contributed by atoms with Crippen LogP contribution in [0.4, 0.5) is 5.69 Å². The number of anilines is 1. The maximum atomic E-state index is 13.1. The van der Waals surface area contributed by atoms with Gasteiger partial charge in [0.1, 0.15) is 6.54 Å². The van der Waals surface area contributed by atoms with Crippen LogP contribution in [0.2, 0.25) is 0 Å². The molecule has 3 aliphatic rings. The van der Waals surface area contributed by atoms with Crippen molar-refractivity contribution < 1.29 is 18.0 Å². The number of benzene rings is 1. The number of hydrogen-bond donors (Lipinski definition) is 1. The number of fused-ring (bicyclic) bond motifs is 1. The van der Waals surface area contributed by atoms with Gasteiger partial charge in [-0.3, -0.25) is 9.59 Å². The maximum absolute atomic E-state index is 13.1. The van der Waals surface area contributed by atoms with E-state index in [1.807, 2.05) is 0 Å². The van der Waals surface area contributed by atoms with E-state index in [9.17, 15) is 18.0 Å². The van der Waals surface area contributed by atoms with E-state index in [1.54, 1.807) is 18.2 Å². The van der Waals surface area contributed by atoms with Crippen molar-refractivity contribution in [3.8, 4) is 0 Å². The number of carbonyl (C=O) groups excluding carboxylic acids is 2. The summed E-state index contributed by atoms with van der Waals surface area (Å²) in [4.78, 5) is 27.9. The molecule has 2 amide bonds. The Morgan fingerprint density at radius 1 is 1.13 bits per heavy atom. The zero-order valence-electron chi connectivity index (χ0n) is 18.0. The average Bonchev–Trinajstić information content (AvgIpc) is 2.77. The number of nitrogens with zero attached hydrogens (tertiary/aromatic N) is 2. The fraction of sp³-hybridized carbons (Fsp3) is 0.636. The number of carbonyl (C=O) groups is 2. The molecule has 31 heavy (non-hydrogen) atoms. The third-order valence-corrected chi connectivity index (χ3v) is 9.53. The lowest BCUT2D eigenvalue weighted by atomic mass is 9.86. The smallest absolute Gasteiger partial charge is 0.243 e. The van der Waals surface area contributed by atoms with E-state index in [-0.39, 0.29) is 35.0 Å². The molecule has 1 aromatic carbocycles. The molecule has 0 radical (unpaired) electrons. The van der Waals surface area contributed by atoms with Crippen LogP contribution < -0.4 is 10.2 Å². The van der Waals surface area contributed by atoms with Gasteiger partial charge in [0.25, 0.3) is 0 Å². The number of hydrogen-bond acceptors (Lipinski definition) is 5. The van der Waals surface area contributed by atoms with Crippen LogP contribution in [0.25, 0.3) is 0 Å². The van der Waals surface area contributed by atoms with Crippen molar-refractivity contribution in [2.45, 2.75) is 67.7 Å². The molecule has 1 saturated carbocycles. The predicted molar refractivity (Wildman–Crippen MR) is 122 cm³/mol. The van der Waals surface area contributed by atoms with Gasteiger partial charge in [0.15, 0.2) is 0 Å². The molecule has 1 aliphatic carbocycles. The molecular formula is C22H31N3O4S2. The first-order chi connectivity index (χ1) is 14.9. The van der Waals surface area contributed by atoms with E-state index >= 15 is 0 Å². The Morgan fingerprint density at radius 2 is 1.87 bits per heavy atom. The molecule has 2 atom stereocenters. The minimum Gasteiger partial charge on any atom is -0.352 e. The molecule has 7 nitrogen and oxygen atoms in total. The summed E-state index contributed by atoms with van der Waals surface area (Å²) in [6.45, 7) is 3.13. The minimum atomic E-state index is -3.61. The van der Waals surface area contributed by atoms with Gasteiger partial charge < -0.3 is 10.2 Å². The lowest BCUT2D eigenvalue weighted by molar-refractivity contribution is -0.123. The maximum Gasteiger partial charge on any atom is 0.243 e. The summed E-state index contributed by atoms with van der Waals surface area (Å²) >= 11 is 1.39. The molecule has 1 saturated heterocycles. The van der Waals surface area contributed by atoms with Crippen molar-refractivity contribution >= 4 is 39.3 Å². The van der Waals surface area contributed by atoms with Crippen molar-refractivity contribution in [3.05, 3.63) is 18.2 Å². The summed E-state index contributed by atoms with van der Waals surface area (Å²) in [5.41, 5.74) is 0.520. The van der Waals surface area contributed by atoms with E-state index < -0.39 is 10.0 Å². The van der Waals surface area contributed by atoms with Crippen LogP contribution in [0.15, 0.2) is 28.0 Å². The van der Waals surface area contributed by atoms with Gasteiger partial charge in [-0.25, -0.2) is 8.42 Å². The van der Waals surface area contributed by atoms with E-state index in [0.717, 1.165) is 43.4 Å². The molecule has 0 bridgehead atoms. The zero-order chi connectivity index (χ0) is 22.0. The average molecular weight is 466 g/mol. The summed E-state index contributed by atoms with van der Waals surface area (Å²) in [6.07, 6.45) is 7.14. The Kier molecular flexibility index (Phi) is 6.93. The highest BCUT2D eigenvalue weighted by Crippen LogP contribution is 2.37. The van der Waals surface area contributed by atoms with Crippen molar-refractivity contribution in [3.63, 3.8) is 0 Å². The number of amides is 2. The molecule has 170 valence electrons. The first-order valence-electron chi connectivity index (χ1n) is 11.2. The molecular weight excluding hydrogens is 434 g/mol. The number of rotatable bonds is 5. The second-order valence-electron chi connectivity index (χ2n) is 8.80. The first-order valence-corrected chi connectivity index (χ1v) is 13.7. The van der Waals surface area contributed by atoms with Gasteiger partial charge in [0.2, 0.25) is 21.8 Å². The van der Waals surface area contributed by atoms with Gasteiger partial charge in [-0.05, 0) is 49.8 Å². The molecule has 1 N–H and O–H groups in total. The number of nitrogens with one attached hydrogen (secondary N) is 1. The summed E-state index contributed by atoms with van der Waals surface area (Å²) in [7, 11) is -3.61. The standard InChI is InChI=1S/C22H31N3O4S2/c1-16-7-3-4-8-18(16)23-21(26)14-25-19-13-17(9-10-20(19)30-15-22(25)27)31(28,29)24-11-5-2-6-12-24/h9-10,13,16,18H,2-8,11-12,14-15H2,1H3,(H,23,26)/t16-,18-/m0/s1. The Morgan fingerprint density at radius 3 is 2.61 bits per heavy atom. The zero-order valence-corrected chi connectivity index (χ0v) is 19.6. The molecule has 4 rings (SSSR count). The second-order valence-corrected chi connectivity index (χ2v) is 11.8. The van der Waals surface area contributed by atoms with Gasteiger partial charge in [-0.1, -0.05) is 26.2 Å². The quantitative estimate of drug-likeness (QED) is 0.722. The summed E-state index contributed by atoms with van der Waals surface area (Å²) < 4.78 is 27.8. The molecule has 1 aromatic rings. The topological polar surface area (TPSA) is 86.8 Å². The number of sulfonamides is 1. The van der Waals surface area contributed by atoms with E-state index in [1.165, 1.54) is 27.4 Å². The van der Waals surface area contributed by atoms with E-state index in [4.69, 9.17) is 0 Å². The first kappa shape index (κ1) is 22.6. The third-order valence-electron chi connectivity index (χ3n) is 6.59. The van der Waals surface area contributed by atoms with Gasteiger partial charge in [0.05, 0.1) is 16.3 Å². The van der Waals surface area contributed by atoms with Crippen LogP contribution in [-0.4, -0.2) is 56.0 Å². The van der Waals surface area contributed by atoms with Gasteiger partial charge in [-0.2, -0.15) is 4.31 Å². The molecule has 0 aromatic heterocycles. The predicted octanol–water partition coefficient (Wildman–Crippen LogP) is 2.99. The van der Waals surface area contributed by atoms with E-state index in [0.29, 0.717) is 24.7 Å². The van der Waals surface area contributed by atoms with Crippen LogP contribution in [-0.2, 0) is 19.6 Å². The molecule has 2 aliphatic heterocycles. The van der Waals surface area contributed by atoms with Crippen molar-refractivity contribution in [2.75, 3.05) is 30.3 Å². The minimum absolute atomic E-state index is 0.0805. The lowest BCUT2D eigenvalue weighted by Gasteiger charge is -2.32. The van der Waals surface area contributed by atoms with Crippen LogP contribution >= 0.6 is 11.8 Å². The molecule has 2 fully saturated rings. The van der Waals surface area contributed by atoms with Crippen molar-refractivity contribution in [1.82, 2.24) is 9.62 Å². The van der Waals surface area contributed by atoms with Gasteiger partial charge >= 0.3 is 0 Å². The second kappa shape index (κ2) is 9.50. The molecule has 0 unspecified atom stereocenters. The Hall–Kier alpha value is -1.58. The highest BCUT2D eigenvalue weighted by atomic mass is 32.2. The number of piperidine rings is 1. The highest BCUT2D eigenvalue weighted by Gasteiger charge is 2.32. The summed E-state index contributed by atoms with van der Waals surface area (Å²) in [5, 5.41) is 3.10. The van der Waals surface area contributed by atoms with Gasteiger partial charge in [-0.15, -0.1) is 11.8 Å². The summed E-state index contributed by atoms with van der Waals surface area (Å²) in [5.74, 6) is 0.322. The molecule has 0 spiro atoms. The van der Waals surface area contributed by atoms with Crippen molar-refractivity contribution in [1.29, 1.82) is 0 Å².